The quantitative estimate of drug-likeness (QED) is 0.199. The number of ether oxygens (including phenoxy) is 2. The minimum absolute atomic E-state index is 0.301. The maximum atomic E-state index is 5.71. The third kappa shape index (κ3) is 4.38. The number of anilines is 1. The molecule has 0 saturated carbocycles. The molecule has 33 heavy (non-hydrogen) atoms. The highest BCUT2D eigenvalue weighted by Gasteiger charge is 2.37. The second-order valence-corrected chi connectivity index (χ2v) is 9.54. The molecule has 4 nitrogen and oxygen atoms in total. The fourth-order valence-corrected chi connectivity index (χ4v) is 5.67. The third-order valence-electron chi connectivity index (χ3n) is 6.43. The third-order valence-corrected chi connectivity index (χ3v) is 7.23. The Kier molecular flexibility index (Phi) is 6.40. The maximum Gasteiger partial charge on any atom is 0.174 e. The van der Waals surface area contributed by atoms with E-state index in [4.69, 9.17) is 14.5 Å². The summed E-state index contributed by atoms with van der Waals surface area (Å²) < 4.78 is 12.2. The van der Waals surface area contributed by atoms with Crippen molar-refractivity contribution in [3.63, 3.8) is 0 Å². The molecular weight excluding hydrogens is 523 g/mol. The summed E-state index contributed by atoms with van der Waals surface area (Å²) in [7, 11) is 1.66. The van der Waals surface area contributed by atoms with Crippen molar-refractivity contribution in [1.29, 1.82) is 0 Å². The van der Waals surface area contributed by atoms with Gasteiger partial charge in [0.2, 0.25) is 0 Å². The lowest BCUT2D eigenvalue weighted by Crippen LogP contribution is -2.28. The first-order valence-corrected chi connectivity index (χ1v) is 12.4. The number of nitrogens with one attached hydrogen (secondary N) is 1. The highest BCUT2D eigenvalue weighted by molar-refractivity contribution is 14.1. The Labute approximate surface area is 208 Å². The summed E-state index contributed by atoms with van der Waals surface area (Å²) in [6, 6.07) is 21.6. The molecule has 1 aliphatic heterocycles. The van der Waals surface area contributed by atoms with Crippen molar-refractivity contribution < 1.29 is 9.47 Å². The highest BCUT2D eigenvalue weighted by atomic mass is 127. The standard InChI is InChI=1S/C28H27IN2O2/c1-3-33-28-24(29)15-18(16-26(28)32-2)17-30-20-13-11-19(12-14-20)27-23-9-6-8-21(23)22-7-4-5-10-25(22)31-27/h4-8,10-17,21,23,27,31H,3,9H2,1-2H3/t21-,23-,27+/m1/s1. The predicted octanol–water partition coefficient (Wildman–Crippen LogP) is 7.28. The number of para-hydroxylation sites is 1. The van der Waals surface area contributed by atoms with Gasteiger partial charge in [-0.15, -0.1) is 0 Å². The first kappa shape index (κ1) is 22.0. The molecule has 5 heteroatoms. The van der Waals surface area contributed by atoms with Crippen LogP contribution in [0, 0.1) is 9.49 Å². The van der Waals surface area contributed by atoms with Crippen molar-refractivity contribution in [3.05, 3.63) is 93.1 Å². The zero-order valence-corrected chi connectivity index (χ0v) is 21.0. The van der Waals surface area contributed by atoms with Gasteiger partial charge in [0.15, 0.2) is 11.5 Å². The number of hydrogen-bond acceptors (Lipinski definition) is 4. The molecule has 0 unspecified atom stereocenters. The van der Waals surface area contributed by atoms with Crippen LogP contribution in [-0.4, -0.2) is 19.9 Å². The van der Waals surface area contributed by atoms with E-state index in [1.54, 1.807) is 7.11 Å². The predicted molar refractivity (Wildman–Crippen MR) is 143 cm³/mol. The molecule has 5 rings (SSSR count). The van der Waals surface area contributed by atoms with Gasteiger partial charge >= 0.3 is 0 Å². The molecule has 0 saturated heterocycles. The van der Waals surface area contributed by atoms with Crippen LogP contribution in [0.4, 0.5) is 11.4 Å². The molecule has 1 N–H and O–H groups in total. The molecule has 3 aromatic rings. The number of methoxy groups -OCH3 is 1. The Bertz CT molecular complexity index is 1200. The monoisotopic (exact) mass is 550 g/mol. The molecule has 0 amide bonds. The fraction of sp³-hybridized carbons (Fsp3) is 0.250. The topological polar surface area (TPSA) is 42.8 Å². The Morgan fingerprint density at radius 1 is 1.12 bits per heavy atom. The molecule has 0 radical (unpaired) electrons. The summed E-state index contributed by atoms with van der Waals surface area (Å²) in [5.41, 5.74) is 5.87. The van der Waals surface area contributed by atoms with E-state index in [1.807, 2.05) is 19.2 Å². The lowest BCUT2D eigenvalue weighted by Gasteiger charge is -2.37. The minimum atomic E-state index is 0.301. The van der Waals surface area contributed by atoms with Crippen LogP contribution in [0.2, 0.25) is 0 Å². The van der Waals surface area contributed by atoms with Gasteiger partial charge in [-0.25, -0.2) is 0 Å². The average molecular weight is 550 g/mol. The Morgan fingerprint density at radius 3 is 2.73 bits per heavy atom. The van der Waals surface area contributed by atoms with Crippen LogP contribution in [0.1, 0.15) is 42.0 Å². The summed E-state index contributed by atoms with van der Waals surface area (Å²) in [6.07, 6.45) is 7.69. The maximum absolute atomic E-state index is 5.71. The lowest BCUT2D eigenvalue weighted by molar-refractivity contribution is 0.308. The van der Waals surface area contributed by atoms with Crippen LogP contribution < -0.4 is 14.8 Å². The van der Waals surface area contributed by atoms with Crippen molar-refractivity contribution in [2.24, 2.45) is 10.9 Å². The number of hydrogen-bond donors (Lipinski definition) is 1. The van der Waals surface area contributed by atoms with E-state index in [9.17, 15) is 0 Å². The van der Waals surface area contributed by atoms with Gasteiger partial charge in [-0.2, -0.15) is 0 Å². The fourth-order valence-electron chi connectivity index (χ4n) is 4.89. The molecule has 168 valence electrons. The SMILES string of the molecule is CCOc1c(I)cc(C=Nc2ccc([C@@H]3Nc4ccccc4[C@H]4C=CC[C@H]43)cc2)cc1OC. The molecule has 0 spiro atoms. The van der Waals surface area contributed by atoms with E-state index in [-0.39, 0.29) is 0 Å². The normalized spacial score (nSPS) is 20.9. The van der Waals surface area contributed by atoms with E-state index >= 15 is 0 Å². The largest absolute Gasteiger partial charge is 0.493 e. The van der Waals surface area contributed by atoms with Gasteiger partial charge in [0, 0.05) is 17.8 Å². The number of halogens is 1. The van der Waals surface area contributed by atoms with Gasteiger partial charge in [-0.05, 0) is 88.9 Å². The zero-order valence-electron chi connectivity index (χ0n) is 18.8. The second kappa shape index (κ2) is 9.59. The number of aliphatic imine (C=N–C) groups is 1. The Balaban J connectivity index is 1.36. The Morgan fingerprint density at radius 2 is 1.94 bits per heavy atom. The summed E-state index contributed by atoms with van der Waals surface area (Å²) in [5.74, 6) is 2.54. The van der Waals surface area contributed by atoms with Crippen molar-refractivity contribution >= 4 is 40.2 Å². The van der Waals surface area contributed by atoms with Crippen LogP contribution >= 0.6 is 22.6 Å². The summed E-state index contributed by atoms with van der Waals surface area (Å²) in [6.45, 7) is 2.57. The van der Waals surface area contributed by atoms with Crippen LogP contribution in [-0.2, 0) is 0 Å². The number of benzene rings is 3. The second-order valence-electron chi connectivity index (χ2n) is 8.38. The Hall–Kier alpha value is -2.80. The molecule has 1 heterocycles. The molecular formula is C28H27IN2O2. The van der Waals surface area contributed by atoms with Crippen LogP contribution in [0.25, 0.3) is 0 Å². The van der Waals surface area contributed by atoms with Gasteiger partial charge < -0.3 is 14.8 Å². The molecule has 2 aliphatic rings. The van der Waals surface area contributed by atoms with E-state index in [2.05, 4.69) is 94.7 Å². The first-order valence-electron chi connectivity index (χ1n) is 11.3. The molecule has 1 aliphatic carbocycles. The lowest BCUT2D eigenvalue weighted by atomic mass is 9.77. The van der Waals surface area contributed by atoms with Crippen molar-refractivity contribution in [2.45, 2.75) is 25.3 Å². The summed E-state index contributed by atoms with van der Waals surface area (Å²) >= 11 is 2.28. The van der Waals surface area contributed by atoms with E-state index in [0.29, 0.717) is 24.5 Å². The van der Waals surface area contributed by atoms with Gasteiger partial charge in [-0.1, -0.05) is 42.5 Å². The molecule has 0 aromatic heterocycles. The van der Waals surface area contributed by atoms with E-state index in [0.717, 1.165) is 32.7 Å². The van der Waals surface area contributed by atoms with Gasteiger partial charge in [0.25, 0.3) is 0 Å². The molecule has 0 bridgehead atoms. The number of nitrogens with zero attached hydrogens (tertiary/aromatic N) is 1. The zero-order chi connectivity index (χ0) is 22.8. The van der Waals surface area contributed by atoms with E-state index in [1.165, 1.54) is 16.8 Å². The minimum Gasteiger partial charge on any atom is -0.493 e. The van der Waals surface area contributed by atoms with Gasteiger partial charge in [-0.3, -0.25) is 4.99 Å². The van der Waals surface area contributed by atoms with E-state index < -0.39 is 0 Å². The smallest absolute Gasteiger partial charge is 0.174 e. The van der Waals surface area contributed by atoms with Crippen LogP contribution in [0.3, 0.4) is 0 Å². The highest BCUT2D eigenvalue weighted by Crippen LogP contribution is 2.49. The molecule has 0 fully saturated rings. The average Bonchev–Trinajstić information content (AvgIpc) is 3.34. The van der Waals surface area contributed by atoms with Crippen molar-refractivity contribution in [1.82, 2.24) is 0 Å². The van der Waals surface area contributed by atoms with Crippen LogP contribution in [0.15, 0.2) is 77.8 Å². The number of rotatable bonds is 6. The molecule has 3 aromatic carbocycles. The van der Waals surface area contributed by atoms with Crippen LogP contribution in [0.5, 0.6) is 11.5 Å². The summed E-state index contributed by atoms with van der Waals surface area (Å²) in [4.78, 5) is 4.70. The van der Waals surface area contributed by atoms with Crippen molar-refractivity contribution in [2.75, 3.05) is 19.0 Å². The molecule has 3 atom stereocenters. The summed E-state index contributed by atoms with van der Waals surface area (Å²) in [5, 5.41) is 3.79. The first-order chi connectivity index (χ1) is 16.2. The number of allylic oxidation sites excluding steroid dienone is 2. The number of fused-ring (bicyclic) bond motifs is 3. The van der Waals surface area contributed by atoms with Gasteiger partial charge in [0.1, 0.15) is 0 Å². The van der Waals surface area contributed by atoms with Crippen molar-refractivity contribution in [3.8, 4) is 11.5 Å². The van der Waals surface area contributed by atoms with Gasteiger partial charge in [0.05, 0.1) is 29.0 Å².